The van der Waals surface area contributed by atoms with Gasteiger partial charge in [0.15, 0.2) is 0 Å². The molecule has 0 aromatic heterocycles. The summed E-state index contributed by atoms with van der Waals surface area (Å²) in [5, 5.41) is 0. The second kappa shape index (κ2) is 4.31. The zero-order valence-corrected chi connectivity index (χ0v) is 9.19. The Hall–Kier alpha value is -1.90. The van der Waals surface area contributed by atoms with Crippen molar-refractivity contribution in [3.05, 3.63) is 47.7 Å². The SMILES string of the molecule is C=C1N=C(c2ccc(CCC)cc2)OC1=O. The van der Waals surface area contributed by atoms with Crippen LogP contribution in [0.25, 0.3) is 0 Å². The zero-order valence-electron chi connectivity index (χ0n) is 9.19. The van der Waals surface area contributed by atoms with Crippen LogP contribution in [0.15, 0.2) is 41.5 Å². The third-order valence-corrected chi connectivity index (χ3v) is 2.40. The lowest BCUT2D eigenvalue weighted by Gasteiger charge is -2.01. The van der Waals surface area contributed by atoms with E-state index in [4.69, 9.17) is 4.74 Å². The van der Waals surface area contributed by atoms with Crippen LogP contribution >= 0.6 is 0 Å². The maximum Gasteiger partial charge on any atom is 0.363 e. The molecule has 0 atom stereocenters. The molecule has 0 radical (unpaired) electrons. The van der Waals surface area contributed by atoms with Crippen molar-refractivity contribution in [3.63, 3.8) is 0 Å². The highest BCUT2D eigenvalue weighted by Gasteiger charge is 2.21. The quantitative estimate of drug-likeness (QED) is 0.574. The first-order valence-electron chi connectivity index (χ1n) is 5.30. The summed E-state index contributed by atoms with van der Waals surface area (Å²) in [7, 11) is 0. The highest BCUT2D eigenvalue weighted by atomic mass is 16.6. The number of esters is 1. The molecule has 0 amide bonds. The van der Waals surface area contributed by atoms with Crippen LogP contribution in [0, 0.1) is 0 Å². The molecule has 1 aliphatic rings. The summed E-state index contributed by atoms with van der Waals surface area (Å²) in [5.41, 5.74) is 2.24. The predicted octanol–water partition coefficient (Wildman–Crippen LogP) is 2.46. The van der Waals surface area contributed by atoms with Gasteiger partial charge in [0.2, 0.25) is 5.90 Å². The van der Waals surface area contributed by atoms with Gasteiger partial charge >= 0.3 is 5.97 Å². The van der Waals surface area contributed by atoms with Gasteiger partial charge < -0.3 is 4.74 Å². The van der Waals surface area contributed by atoms with E-state index in [2.05, 4.69) is 18.5 Å². The Kier molecular flexibility index (Phi) is 2.86. The van der Waals surface area contributed by atoms with Crippen LogP contribution in [-0.2, 0) is 16.0 Å². The van der Waals surface area contributed by atoms with E-state index in [-0.39, 0.29) is 5.70 Å². The Bertz CT molecular complexity index is 457. The van der Waals surface area contributed by atoms with E-state index < -0.39 is 5.97 Å². The Morgan fingerprint density at radius 1 is 1.31 bits per heavy atom. The van der Waals surface area contributed by atoms with Gasteiger partial charge in [-0.05, 0) is 24.1 Å². The first-order valence-corrected chi connectivity index (χ1v) is 5.30. The van der Waals surface area contributed by atoms with Gasteiger partial charge in [0.25, 0.3) is 0 Å². The van der Waals surface area contributed by atoms with Crippen LogP contribution in [0.2, 0.25) is 0 Å². The van der Waals surface area contributed by atoms with Crippen LogP contribution < -0.4 is 0 Å². The molecule has 0 spiro atoms. The number of cyclic esters (lactones) is 1. The van der Waals surface area contributed by atoms with E-state index in [0.29, 0.717) is 5.90 Å². The molecule has 0 unspecified atom stereocenters. The molecule has 0 bridgehead atoms. The fourth-order valence-electron chi connectivity index (χ4n) is 1.56. The summed E-state index contributed by atoms with van der Waals surface area (Å²) in [6.45, 7) is 5.64. The molecule has 3 nitrogen and oxygen atoms in total. The molecular formula is C13H13NO2. The normalized spacial score (nSPS) is 14.9. The number of aryl methyl sites for hydroxylation is 1. The average molecular weight is 215 g/mol. The Balaban J connectivity index is 2.20. The van der Waals surface area contributed by atoms with Crippen molar-refractivity contribution >= 4 is 11.9 Å². The Morgan fingerprint density at radius 3 is 2.50 bits per heavy atom. The maximum absolute atomic E-state index is 11.1. The van der Waals surface area contributed by atoms with Crippen LogP contribution in [0.5, 0.6) is 0 Å². The first kappa shape index (κ1) is 10.6. The molecule has 0 N–H and O–H groups in total. The van der Waals surface area contributed by atoms with Gasteiger partial charge in [0, 0.05) is 5.56 Å². The van der Waals surface area contributed by atoms with E-state index >= 15 is 0 Å². The highest BCUT2D eigenvalue weighted by molar-refractivity contribution is 6.10. The van der Waals surface area contributed by atoms with Gasteiger partial charge in [-0.15, -0.1) is 0 Å². The monoisotopic (exact) mass is 215 g/mol. The molecular weight excluding hydrogens is 202 g/mol. The number of rotatable bonds is 3. The second-order valence-electron chi connectivity index (χ2n) is 3.70. The minimum Gasteiger partial charge on any atom is -0.402 e. The number of carbonyl (C=O) groups excluding carboxylic acids is 1. The van der Waals surface area contributed by atoms with Gasteiger partial charge in [-0.3, -0.25) is 0 Å². The van der Waals surface area contributed by atoms with Gasteiger partial charge in [0.1, 0.15) is 5.70 Å². The van der Waals surface area contributed by atoms with E-state index in [0.717, 1.165) is 18.4 Å². The standard InChI is InChI=1S/C13H13NO2/c1-3-4-10-5-7-11(8-6-10)12-14-9(2)13(15)16-12/h5-8H,2-4H2,1H3. The molecule has 0 fully saturated rings. The van der Waals surface area contributed by atoms with Gasteiger partial charge in [-0.25, -0.2) is 9.79 Å². The third-order valence-electron chi connectivity index (χ3n) is 2.40. The summed E-state index contributed by atoms with van der Waals surface area (Å²) in [4.78, 5) is 15.1. The van der Waals surface area contributed by atoms with E-state index in [1.807, 2.05) is 24.3 Å². The molecule has 1 aromatic rings. The number of carbonyl (C=O) groups is 1. The fourth-order valence-corrected chi connectivity index (χ4v) is 1.56. The van der Waals surface area contributed by atoms with Crippen molar-refractivity contribution in [1.82, 2.24) is 0 Å². The smallest absolute Gasteiger partial charge is 0.363 e. The third kappa shape index (κ3) is 2.03. The second-order valence-corrected chi connectivity index (χ2v) is 3.70. The molecule has 0 saturated heterocycles. The van der Waals surface area contributed by atoms with Crippen LogP contribution in [0.1, 0.15) is 24.5 Å². The fraction of sp³-hybridized carbons (Fsp3) is 0.231. The first-order chi connectivity index (χ1) is 7.70. The number of nitrogens with zero attached hydrogens (tertiary/aromatic N) is 1. The molecule has 2 rings (SSSR count). The number of benzene rings is 1. The van der Waals surface area contributed by atoms with Crippen molar-refractivity contribution in [1.29, 1.82) is 0 Å². The topological polar surface area (TPSA) is 38.7 Å². The molecule has 0 saturated carbocycles. The number of ether oxygens (including phenoxy) is 1. The molecule has 0 aliphatic carbocycles. The lowest BCUT2D eigenvalue weighted by molar-refractivity contribution is -0.129. The molecule has 1 heterocycles. The van der Waals surface area contributed by atoms with Crippen molar-refractivity contribution < 1.29 is 9.53 Å². The van der Waals surface area contributed by atoms with Gasteiger partial charge in [0.05, 0.1) is 0 Å². The van der Waals surface area contributed by atoms with Crippen molar-refractivity contribution in [2.24, 2.45) is 4.99 Å². The highest BCUT2D eigenvalue weighted by Crippen LogP contribution is 2.15. The lowest BCUT2D eigenvalue weighted by Crippen LogP contribution is -2.05. The van der Waals surface area contributed by atoms with Crippen molar-refractivity contribution in [3.8, 4) is 0 Å². The zero-order chi connectivity index (χ0) is 11.5. The lowest BCUT2D eigenvalue weighted by atomic mass is 10.1. The minimum atomic E-state index is -0.465. The minimum absolute atomic E-state index is 0.160. The van der Waals surface area contributed by atoms with E-state index in [1.54, 1.807) is 0 Å². The summed E-state index contributed by atoms with van der Waals surface area (Å²) in [5.74, 6) is -0.120. The molecule has 1 aromatic carbocycles. The summed E-state index contributed by atoms with van der Waals surface area (Å²) in [6.07, 6.45) is 2.17. The largest absolute Gasteiger partial charge is 0.402 e. The number of aliphatic imine (C=N–C) groups is 1. The summed E-state index contributed by atoms with van der Waals surface area (Å²) < 4.78 is 4.97. The van der Waals surface area contributed by atoms with Gasteiger partial charge in [-0.2, -0.15) is 0 Å². The van der Waals surface area contributed by atoms with Crippen molar-refractivity contribution in [2.75, 3.05) is 0 Å². The predicted molar refractivity (Wildman–Crippen MR) is 62.2 cm³/mol. The number of hydrogen-bond acceptors (Lipinski definition) is 3. The van der Waals surface area contributed by atoms with E-state index in [9.17, 15) is 4.79 Å². The number of hydrogen-bond donors (Lipinski definition) is 0. The Labute approximate surface area is 94.5 Å². The van der Waals surface area contributed by atoms with Crippen LogP contribution in [0.3, 0.4) is 0 Å². The molecule has 3 heteroatoms. The summed E-state index contributed by atoms with van der Waals surface area (Å²) in [6, 6.07) is 7.87. The maximum atomic E-state index is 11.1. The van der Waals surface area contributed by atoms with Crippen molar-refractivity contribution in [2.45, 2.75) is 19.8 Å². The Morgan fingerprint density at radius 2 is 2.00 bits per heavy atom. The van der Waals surface area contributed by atoms with Crippen LogP contribution in [0.4, 0.5) is 0 Å². The molecule has 16 heavy (non-hydrogen) atoms. The summed E-state index contributed by atoms with van der Waals surface area (Å²) >= 11 is 0. The van der Waals surface area contributed by atoms with Crippen LogP contribution in [-0.4, -0.2) is 11.9 Å². The average Bonchev–Trinajstić information content (AvgIpc) is 2.61. The molecule has 82 valence electrons. The molecule has 1 aliphatic heterocycles. The van der Waals surface area contributed by atoms with Gasteiger partial charge in [-0.1, -0.05) is 32.1 Å². The van der Waals surface area contributed by atoms with E-state index in [1.165, 1.54) is 5.56 Å².